The quantitative estimate of drug-likeness (QED) is 0.448. The van der Waals surface area contributed by atoms with Crippen LogP contribution in [0, 0.1) is 0 Å². The molecule has 30 heavy (non-hydrogen) atoms. The molecule has 3 aromatic rings. The van der Waals surface area contributed by atoms with Gasteiger partial charge in [0.05, 0.1) is 10.9 Å². The third-order valence-corrected chi connectivity index (χ3v) is 6.89. The molecule has 0 aliphatic rings. The highest BCUT2D eigenvalue weighted by atomic mass is 32.2. The van der Waals surface area contributed by atoms with Crippen molar-refractivity contribution in [1.82, 2.24) is 0 Å². The Morgan fingerprint density at radius 2 is 0.900 bits per heavy atom. The van der Waals surface area contributed by atoms with Crippen LogP contribution in [0.1, 0.15) is 20.8 Å². The Morgan fingerprint density at radius 3 is 1.20 bits per heavy atom. The van der Waals surface area contributed by atoms with Gasteiger partial charge in [0.25, 0.3) is 0 Å². The van der Waals surface area contributed by atoms with Crippen LogP contribution in [0.5, 0.6) is 5.75 Å². The second-order valence-electron chi connectivity index (χ2n) is 8.77. The molecule has 3 rings (SSSR count). The lowest BCUT2D eigenvalue weighted by atomic mass is 10.2. The van der Waals surface area contributed by atoms with E-state index in [2.05, 4.69) is 132 Å². The molecule has 0 radical (unpaired) electrons. The first-order chi connectivity index (χ1) is 14.1. The minimum Gasteiger partial charge on any atom is -0.488 e. The number of ether oxygens (including phenoxy) is 1. The molecule has 0 aliphatic heterocycles. The van der Waals surface area contributed by atoms with E-state index in [1.807, 2.05) is 0 Å². The van der Waals surface area contributed by atoms with Gasteiger partial charge in [-0.25, -0.2) is 0 Å². The van der Waals surface area contributed by atoms with E-state index < -0.39 is 0 Å². The van der Waals surface area contributed by atoms with Crippen molar-refractivity contribution in [2.75, 3.05) is 38.0 Å². The summed E-state index contributed by atoms with van der Waals surface area (Å²) in [6.07, 6.45) is 0. The van der Waals surface area contributed by atoms with Crippen LogP contribution in [-0.4, -0.2) is 33.8 Å². The summed E-state index contributed by atoms with van der Waals surface area (Å²) in [5.41, 5.74) is 2.21. The standard InChI is InChI=1S/C26H33N2OS/c1-26(2,3)29-22-12-18-25(19-13-22)30(23-14-8-20(9-15-23)27(4)5)24-16-10-21(11-17-24)28(6)7/h8-19H,1-7H3/q+1. The molecule has 0 saturated heterocycles. The molecule has 0 N–H and O–H groups in total. The van der Waals surface area contributed by atoms with Gasteiger partial charge in [0.15, 0.2) is 14.7 Å². The van der Waals surface area contributed by atoms with E-state index in [-0.39, 0.29) is 16.5 Å². The summed E-state index contributed by atoms with van der Waals surface area (Å²) in [4.78, 5) is 8.16. The molecule has 0 fully saturated rings. The van der Waals surface area contributed by atoms with Crippen molar-refractivity contribution in [3.63, 3.8) is 0 Å². The Bertz CT molecular complexity index is 889. The minimum absolute atomic E-state index is 0.182. The van der Waals surface area contributed by atoms with E-state index in [4.69, 9.17) is 4.74 Å². The third-order valence-electron chi connectivity index (χ3n) is 4.66. The number of nitrogens with zero attached hydrogens (tertiary/aromatic N) is 2. The zero-order valence-corrected chi connectivity index (χ0v) is 20.0. The Labute approximate surface area is 184 Å². The van der Waals surface area contributed by atoms with Crippen molar-refractivity contribution in [2.24, 2.45) is 0 Å². The molecule has 0 heterocycles. The smallest absolute Gasteiger partial charge is 0.166 e. The Hall–Kier alpha value is -2.59. The van der Waals surface area contributed by atoms with Crippen LogP contribution in [0.4, 0.5) is 11.4 Å². The van der Waals surface area contributed by atoms with Gasteiger partial charge in [0.2, 0.25) is 0 Å². The first-order valence-corrected chi connectivity index (χ1v) is 11.4. The van der Waals surface area contributed by atoms with Crippen molar-refractivity contribution in [1.29, 1.82) is 0 Å². The Balaban J connectivity index is 2.00. The van der Waals surface area contributed by atoms with Gasteiger partial charge in [-0.2, -0.15) is 0 Å². The van der Waals surface area contributed by atoms with Crippen LogP contribution in [0.25, 0.3) is 0 Å². The van der Waals surface area contributed by atoms with Gasteiger partial charge < -0.3 is 14.5 Å². The molecule has 0 aromatic heterocycles. The second kappa shape index (κ2) is 9.05. The maximum Gasteiger partial charge on any atom is 0.166 e. The van der Waals surface area contributed by atoms with E-state index in [1.54, 1.807) is 0 Å². The molecule has 0 atom stereocenters. The molecule has 0 saturated carbocycles. The van der Waals surface area contributed by atoms with Crippen LogP contribution < -0.4 is 14.5 Å². The highest BCUT2D eigenvalue weighted by Gasteiger charge is 2.29. The van der Waals surface area contributed by atoms with Crippen LogP contribution in [0.2, 0.25) is 0 Å². The molecule has 0 amide bonds. The molecular formula is C26H33N2OS+. The molecule has 3 nitrogen and oxygen atoms in total. The van der Waals surface area contributed by atoms with Crippen molar-refractivity contribution in [3.05, 3.63) is 72.8 Å². The van der Waals surface area contributed by atoms with Crippen molar-refractivity contribution in [3.8, 4) is 5.75 Å². The molecule has 0 spiro atoms. The Kier molecular flexibility index (Phi) is 6.67. The summed E-state index contributed by atoms with van der Waals surface area (Å²) in [6, 6.07) is 26.3. The fourth-order valence-electron chi connectivity index (χ4n) is 3.17. The van der Waals surface area contributed by atoms with Crippen molar-refractivity contribution >= 4 is 22.3 Å². The highest BCUT2D eigenvalue weighted by molar-refractivity contribution is 7.97. The van der Waals surface area contributed by atoms with Crippen LogP contribution in [-0.2, 0) is 10.9 Å². The van der Waals surface area contributed by atoms with E-state index in [0.29, 0.717) is 0 Å². The topological polar surface area (TPSA) is 15.7 Å². The van der Waals surface area contributed by atoms with Crippen LogP contribution in [0.3, 0.4) is 0 Å². The maximum absolute atomic E-state index is 6.02. The number of benzene rings is 3. The lowest BCUT2D eigenvalue weighted by Crippen LogP contribution is -2.22. The molecular weight excluding hydrogens is 388 g/mol. The molecule has 4 heteroatoms. The summed E-state index contributed by atoms with van der Waals surface area (Å²) in [7, 11) is 8.11. The third kappa shape index (κ3) is 5.51. The molecule has 0 unspecified atom stereocenters. The highest BCUT2D eigenvalue weighted by Crippen LogP contribution is 2.34. The van der Waals surface area contributed by atoms with Gasteiger partial charge in [-0.1, -0.05) is 0 Å². The second-order valence-corrected chi connectivity index (χ2v) is 10.8. The predicted octanol–water partition coefficient (Wildman–Crippen LogP) is 6.09. The summed E-state index contributed by atoms with van der Waals surface area (Å²) in [5, 5.41) is 0. The number of hydrogen-bond acceptors (Lipinski definition) is 3. The molecule has 3 aromatic carbocycles. The molecule has 158 valence electrons. The van der Waals surface area contributed by atoms with Gasteiger partial charge >= 0.3 is 0 Å². The minimum atomic E-state index is -0.201. The number of rotatable bonds is 6. The fourth-order valence-corrected chi connectivity index (χ4v) is 5.21. The fraction of sp³-hybridized carbons (Fsp3) is 0.308. The van der Waals surface area contributed by atoms with Gasteiger partial charge in [-0.15, -0.1) is 0 Å². The van der Waals surface area contributed by atoms with E-state index in [0.717, 1.165) is 5.75 Å². The van der Waals surface area contributed by atoms with E-state index in [1.165, 1.54) is 26.1 Å². The van der Waals surface area contributed by atoms with Gasteiger partial charge in [0, 0.05) is 39.6 Å². The van der Waals surface area contributed by atoms with E-state index >= 15 is 0 Å². The normalized spacial score (nSPS) is 11.5. The predicted molar refractivity (Wildman–Crippen MR) is 131 cm³/mol. The van der Waals surface area contributed by atoms with Gasteiger partial charge in [-0.05, 0) is 93.6 Å². The lowest BCUT2D eigenvalue weighted by molar-refractivity contribution is 0.131. The van der Waals surface area contributed by atoms with Crippen LogP contribution >= 0.6 is 0 Å². The number of anilines is 2. The SMILES string of the molecule is CN(C)c1ccc([S+](c2ccc(OC(C)(C)C)cc2)c2ccc(N(C)C)cc2)cc1. The summed E-state index contributed by atoms with van der Waals surface area (Å²) in [6.45, 7) is 6.22. The summed E-state index contributed by atoms with van der Waals surface area (Å²) < 4.78 is 6.02. The maximum atomic E-state index is 6.02. The van der Waals surface area contributed by atoms with Crippen LogP contribution in [0.15, 0.2) is 87.5 Å². The van der Waals surface area contributed by atoms with E-state index in [9.17, 15) is 0 Å². The summed E-state index contributed by atoms with van der Waals surface area (Å²) >= 11 is 0. The average Bonchev–Trinajstić information content (AvgIpc) is 2.69. The molecule has 0 bridgehead atoms. The monoisotopic (exact) mass is 421 g/mol. The van der Waals surface area contributed by atoms with Gasteiger partial charge in [0.1, 0.15) is 11.4 Å². The first-order valence-electron chi connectivity index (χ1n) is 10.2. The first kappa shape index (κ1) is 22.1. The average molecular weight is 422 g/mol. The number of hydrogen-bond donors (Lipinski definition) is 0. The lowest BCUT2D eigenvalue weighted by Gasteiger charge is -2.21. The largest absolute Gasteiger partial charge is 0.488 e. The van der Waals surface area contributed by atoms with Crippen molar-refractivity contribution < 1.29 is 4.74 Å². The zero-order chi connectivity index (χ0) is 21.9. The van der Waals surface area contributed by atoms with Gasteiger partial charge in [-0.3, -0.25) is 0 Å². The van der Waals surface area contributed by atoms with Crippen molar-refractivity contribution in [2.45, 2.75) is 41.1 Å². The zero-order valence-electron chi connectivity index (χ0n) is 19.1. The Morgan fingerprint density at radius 1 is 0.567 bits per heavy atom. The molecule has 0 aliphatic carbocycles. The summed E-state index contributed by atoms with van der Waals surface area (Å²) in [5.74, 6) is 0.903.